The van der Waals surface area contributed by atoms with Crippen LogP contribution in [0.2, 0.25) is 0 Å². The van der Waals surface area contributed by atoms with Gasteiger partial charge in [-0.25, -0.2) is 9.97 Å². The van der Waals surface area contributed by atoms with Crippen LogP contribution in [0.1, 0.15) is 40.5 Å². The Hall–Kier alpha value is -3.48. The lowest BCUT2D eigenvalue weighted by Gasteiger charge is -2.21. The third-order valence-electron chi connectivity index (χ3n) is 4.86. The van der Waals surface area contributed by atoms with E-state index in [-0.39, 0.29) is 0 Å². The Kier molecular flexibility index (Phi) is 6.07. The molecule has 7 heteroatoms. The largest absolute Gasteiger partial charge is 0.384 e. The summed E-state index contributed by atoms with van der Waals surface area (Å²) < 4.78 is 0. The number of benzene rings is 1. The van der Waals surface area contributed by atoms with Crippen LogP contribution in [0.15, 0.2) is 36.4 Å². The number of rotatable bonds is 4. The smallest absolute Gasteiger partial charge is 0.252 e. The van der Waals surface area contributed by atoms with Crippen molar-refractivity contribution in [2.45, 2.75) is 32.7 Å². The second kappa shape index (κ2) is 8.68. The van der Waals surface area contributed by atoms with Gasteiger partial charge >= 0.3 is 0 Å². The molecule has 0 saturated heterocycles. The minimum Gasteiger partial charge on any atom is -0.384 e. The molecule has 0 unspecified atom stereocenters. The minimum absolute atomic E-state index is 0.443. The summed E-state index contributed by atoms with van der Waals surface area (Å²) in [7, 11) is 1.92. The molecule has 0 aliphatic heterocycles. The van der Waals surface area contributed by atoms with Gasteiger partial charge in [-0.15, -0.1) is 0 Å². The fraction of sp³-hybridized carbons (Fsp3) is 0.273. The molecule has 0 saturated carbocycles. The van der Waals surface area contributed by atoms with Gasteiger partial charge in [0.25, 0.3) is 5.91 Å². The Morgan fingerprint density at radius 1 is 1.17 bits per heavy atom. The Balaban J connectivity index is 0.000000755. The van der Waals surface area contributed by atoms with Crippen molar-refractivity contribution in [1.29, 1.82) is 0 Å². The van der Waals surface area contributed by atoms with E-state index in [9.17, 15) is 4.79 Å². The third-order valence-corrected chi connectivity index (χ3v) is 4.86. The van der Waals surface area contributed by atoms with E-state index in [1.54, 1.807) is 6.07 Å². The quantitative estimate of drug-likeness (QED) is 0.661. The molecule has 0 bridgehead atoms. The molecule has 7 nitrogen and oxygen atoms in total. The first-order valence-corrected chi connectivity index (χ1v) is 9.51. The number of aldehydes is 1. The molecule has 1 aliphatic rings. The standard InChI is InChI=1S/C20H21N5O.C2H4O/c1-25(11-12-5-6-13-7-8-18(21)23-17(13)9-12)20-15(19(22)26)10-14-3-2-4-16(14)24-20;1-2-3/h5-10H,2-4,11H2,1H3,(H2,21,23)(H2,22,26);2H,1H3. The molecule has 4 rings (SSSR count). The second-order valence-electron chi connectivity index (χ2n) is 7.04. The number of anilines is 2. The SMILES string of the molecule is CC=O.CN(Cc1ccc2ccc(N)nc2c1)c1nc2c(cc1C(N)=O)CCC2. The van der Waals surface area contributed by atoms with Gasteiger partial charge in [0.2, 0.25) is 0 Å². The number of amides is 1. The van der Waals surface area contributed by atoms with Crippen LogP contribution in [0, 0.1) is 0 Å². The molecule has 29 heavy (non-hydrogen) atoms. The fourth-order valence-electron chi connectivity index (χ4n) is 3.56. The van der Waals surface area contributed by atoms with E-state index in [1.807, 2.05) is 42.3 Å². The van der Waals surface area contributed by atoms with E-state index in [4.69, 9.17) is 21.2 Å². The normalized spacial score (nSPS) is 12.1. The van der Waals surface area contributed by atoms with Crippen LogP contribution in [0.4, 0.5) is 11.6 Å². The zero-order chi connectivity index (χ0) is 21.0. The molecular formula is C22H25N5O2. The van der Waals surface area contributed by atoms with Crippen LogP contribution in [0.3, 0.4) is 0 Å². The maximum atomic E-state index is 11.9. The van der Waals surface area contributed by atoms with Gasteiger partial charge in [0, 0.05) is 24.7 Å². The number of pyridine rings is 2. The first-order valence-electron chi connectivity index (χ1n) is 9.51. The zero-order valence-corrected chi connectivity index (χ0v) is 16.7. The maximum Gasteiger partial charge on any atom is 0.252 e. The zero-order valence-electron chi connectivity index (χ0n) is 16.7. The molecule has 150 valence electrons. The van der Waals surface area contributed by atoms with Crippen LogP contribution < -0.4 is 16.4 Å². The molecule has 1 aliphatic carbocycles. The summed E-state index contributed by atoms with van der Waals surface area (Å²) in [6.45, 7) is 2.04. The summed E-state index contributed by atoms with van der Waals surface area (Å²) in [5.41, 5.74) is 16.0. The Bertz CT molecular complexity index is 1060. The van der Waals surface area contributed by atoms with Gasteiger partial charge in [-0.3, -0.25) is 4.79 Å². The molecule has 1 aromatic carbocycles. The maximum absolute atomic E-state index is 11.9. The Morgan fingerprint density at radius 3 is 2.62 bits per heavy atom. The van der Waals surface area contributed by atoms with E-state index >= 15 is 0 Å². The topological polar surface area (TPSA) is 115 Å². The van der Waals surface area contributed by atoms with E-state index in [0.717, 1.165) is 53.3 Å². The number of carbonyl (C=O) groups is 2. The molecule has 0 atom stereocenters. The van der Waals surface area contributed by atoms with E-state index in [1.165, 1.54) is 6.92 Å². The monoisotopic (exact) mass is 391 g/mol. The summed E-state index contributed by atoms with van der Waals surface area (Å²) in [6.07, 6.45) is 3.74. The van der Waals surface area contributed by atoms with Gasteiger partial charge in [0.15, 0.2) is 0 Å². The van der Waals surface area contributed by atoms with Crippen molar-refractivity contribution in [1.82, 2.24) is 9.97 Å². The van der Waals surface area contributed by atoms with Crippen LogP contribution >= 0.6 is 0 Å². The Labute approximate surface area is 169 Å². The third kappa shape index (κ3) is 4.51. The molecule has 0 radical (unpaired) electrons. The molecule has 2 heterocycles. The number of primary amides is 1. The van der Waals surface area contributed by atoms with Crippen molar-refractivity contribution in [3.05, 3.63) is 58.8 Å². The summed E-state index contributed by atoms with van der Waals surface area (Å²) >= 11 is 0. The number of nitrogens with zero attached hydrogens (tertiary/aromatic N) is 3. The molecule has 1 amide bonds. The number of nitrogens with two attached hydrogens (primary N) is 2. The van der Waals surface area contributed by atoms with Crippen LogP contribution in [0.5, 0.6) is 0 Å². The number of aryl methyl sites for hydroxylation is 2. The van der Waals surface area contributed by atoms with Gasteiger partial charge < -0.3 is 21.2 Å². The van der Waals surface area contributed by atoms with Crippen molar-refractivity contribution in [2.24, 2.45) is 5.73 Å². The fourth-order valence-corrected chi connectivity index (χ4v) is 3.56. The van der Waals surface area contributed by atoms with Crippen molar-refractivity contribution < 1.29 is 9.59 Å². The van der Waals surface area contributed by atoms with E-state index in [2.05, 4.69) is 4.98 Å². The minimum atomic E-state index is -0.443. The van der Waals surface area contributed by atoms with Crippen LogP contribution in [-0.2, 0) is 24.2 Å². The summed E-state index contributed by atoms with van der Waals surface area (Å²) in [4.78, 5) is 31.8. The second-order valence-corrected chi connectivity index (χ2v) is 7.04. The average Bonchev–Trinajstić information content (AvgIpc) is 3.14. The van der Waals surface area contributed by atoms with Gasteiger partial charge in [-0.2, -0.15) is 0 Å². The van der Waals surface area contributed by atoms with Gasteiger partial charge in [0.1, 0.15) is 17.9 Å². The van der Waals surface area contributed by atoms with Gasteiger partial charge in [-0.1, -0.05) is 12.1 Å². The molecule has 2 aromatic heterocycles. The lowest BCUT2D eigenvalue weighted by Crippen LogP contribution is -2.24. The first kappa shape index (κ1) is 20.3. The predicted molar refractivity (Wildman–Crippen MR) is 115 cm³/mol. The summed E-state index contributed by atoms with van der Waals surface area (Å²) in [5, 5.41) is 1.04. The molecular weight excluding hydrogens is 366 g/mol. The summed E-state index contributed by atoms with van der Waals surface area (Å²) in [6, 6.07) is 11.7. The van der Waals surface area contributed by atoms with Gasteiger partial charge in [-0.05, 0) is 61.6 Å². The highest BCUT2D eigenvalue weighted by molar-refractivity contribution is 5.98. The lowest BCUT2D eigenvalue weighted by molar-refractivity contribution is -0.106. The molecule has 3 aromatic rings. The number of aromatic nitrogens is 2. The van der Waals surface area contributed by atoms with Crippen molar-refractivity contribution >= 4 is 34.7 Å². The van der Waals surface area contributed by atoms with Crippen molar-refractivity contribution in [3.8, 4) is 0 Å². The molecule has 4 N–H and O–H groups in total. The predicted octanol–water partition coefficient (Wildman–Crippen LogP) is 2.64. The van der Waals surface area contributed by atoms with Crippen LogP contribution in [0.25, 0.3) is 10.9 Å². The van der Waals surface area contributed by atoms with E-state index in [0.29, 0.717) is 23.7 Å². The van der Waals surface area contributed by atoms with E-state index < -0.39 is 5.91 Å². The average molecular weight is 391 g/mol. The van der Waals surface area contributed by atoms with Crippen molar-refractivity contribution in [3.63, 3.8) is 0 Å². The number of hydrogen-bond acceptors (Lipinski definition) is 6. The summed E-state index contributed by atoms with van der Waals surface area (Å²) in [5.74, 6) is 0.695. The first-order chi connectivity index (χ1) is 13.9. The number of carbonyl (C=O) groups excluding carboxylic acids is 2. The highest BCUT2D eigenvalue weighted by atomic mass is 16.1. The van der Waals surface area contributed by atoms with Crippen LogP contribution in [-0.4, -0.2) is 29.2 Å². The molecule has 0 spiro atoms. The number of nitrogen functional groups attached to an aromatic ring is 1. The number of hydrogen-bond donors (Lipinski definition) is 2. The van der Waals surface area contributed by atoms with Gasteiger partial charge in [0.05, 0.1) is 11.1 Å². The Morgan fingerprint density at radius 2 is 1.90 bits per heavy atom. The molecule has 0 fully saturated rings. The number of fused-ring (bicyclic) bond motifs is 2. The lowest BCUT2D eigenvalue weighted by atomic mass is 10.1. The van der Waals surface area contributed by atoms with Crippen molar-refractivity contribution in [2.75, 3.05) is 17.7 Å². The highest BCUT2D eigenvalue weighted by Crippen LogP contribution is 2.28. The highest BCUT2D eigenvalue weighted by Gasteiger charge is 2.21.